The molecule has 0 aliphatic carbocycles. The number of fused-ring (bicyclic) bond motifs is 1. The fourth-order valence-electron chi connectivity index (χ4n) is 3.51. The molecule has 3 rings (SSSR count). The standard InChI is InChI=1S/C19H24BrN3O4S2/c1-3-23-15-7-6-14(20)9-16(15)28-19(23)21-17(24)11-29(26,27)12-18(25)22-8-4-5-13(2)10-22/h6-7,9,13H,3-5,8,10-12H2,1-2H3. The van der Waals surface area contributed by atoms with Crippen molar-refractivity contribution in [1.82, 2.24) is 9.47 Å². The van der Waals surface area contributed by atoms with E-state index < -0.39 is 33.2 Å². The number of carbonyl (C=O) groups is 2. The lowest BCUT2D eigenvalue weighted by atomic mass is 10.0. The van der Waals surface area contributed by atoms with Crippen molar-refractivity contribution in [3.63, 3.8) is 0 Å². The van der Waals surface area contributed by atoms with Crippen molar-refractivity contribution >= 4 is 59.1 Å². The highest BCUT2D eigenvalue weighted by Gasteiger charge is 2.27. The monoisotopic (exact) mass is 501 g/mol. The second-order valence-corrected chi connectivity index (χ2v) is 11.4. The van der Waals surface area contributed by atoms with Crippen molar-refractivity contribution in [2.75, 3.05) is 24.6 Å². The molecule has 2 aromatic rings. The molecule has 1 aliphatic rings. The minimum atomic E-state index is -3.87. The lowest BCUT2D eigenvalue weighted by molar-refractivity contribution is -0.130. The largest absolute Gasteiger partial charge is 0.342 e. The van der Waals surface area contributed by atoms with E-state index in [1.165, 1.54) is 11.3 Å². The predicted molar refractivity (Wildman–Crippen MR) is 117 cm³/mol. The first kappa shape index (κ1) is 22.2. The Labute approximate surface area is 182 Å². The number of aromatic nitrogens is 1. The summed E-state index contributed by atoms with van der Waals surface area (Å²) in [7, 11) is -3.87. The maximum Gasteiger partial charge on any atom is 0.263 e. The molecule has 0 saturated carbocycles. The fraction of sp³-hybridized carbons (Fsp3) is 0.526. The Bertz CT molecular complexity index is 1100. The van der Waals surface area contributed by atoms with Crippen molar-refractivity contribution in [1.29, 1.82) is 0 Å². The zero-order chi connectivity index (χ0) is 21.2. The second kappa shape index (κ2) is 9.09. The van der Waals surface area contributed by atoms with Gasteiger partial charge < -0.3 is 9.47 Å². The molecule has 0 spiro atoms. The fourth-order valence-corrected chi connectivity index (χ4v) is 6.28. The topological polar surface area (TPSA) is 88.8 Å². The van der Waals surface area contributed by atoms with Crippen molar-refractivity contribution in [3.05, 3.63) is 27.5 Å². The van der Waals surface area contributed by atoms with Crippen LogP contribution in [0.1, 0.15) is 26.7 Å². The third-order valence-corrected chi connectivity index (χ3v) is 7.79. The molecule has 0 radical (unpaired) electrons. The van der Waals surface area contributed by atoms with E-state index in [2.05, 4.69) is 20.9 Å². The number of sulfone groups is 1. The molecule has 0 N–H and O–H groups in total. The maximum atomic E-state index is 12.4. The number of hydrogen-bond donors (Lipinski definition) is 0. The molecule has 10 heteroatoms. The van der Waals surface area contributed by atoms with Crippen LogP contribution in [0, 0.1) is 5.92 Å². The summed E-state index contributed by atoms with van der Waals surface area (Å²) >= 11 is 4.75. The van der Waals surface area contributed by atoms with E-state index in [4.69, 9.17) is 0 Å². The van der Waals surface area contributed by atoms with Gasteiger partial charge in [0.15, 0.2) is 14.6 Å². The minimum Gasteiger partial charge on any atom is -0.342 e. The zero-order valence-electron chi connectivity index (χ0n) is 16.4. The summed E-state index contributed by atoms with van der Waals surface area (Å²) in [6, 6.07) is 5.77. The predicted octanol–water partition coefficient (Wildman–Crippen LogP) is 2.59. The third kappa shape index (κ3) is 5.55. The summed E-state index contributed by atoms with van der Waals surface area (Å²) in [6.07, 6.45) is 1.91. The number of aryl methyl sites for hydroxylation is 1. The molecular formula is C19H24BrN3O4S2. The van der Waals surface area contributed by atoms with Crippen LogP contribution in [-0.2, 0) is 26.0 Å². The molecule has 1 aromatic carbocycles. The van der Waals surface area contributed by atoms with Crippen LogP contribution in [-0.4, -0.2) is 54.3 Å². The van der Waals surface area contributed by atoms with Gasteiger partial charge in [-0.25, -0.2) is 8.42 Å². The number of hydrogen-bond acceptors (Lipinski definition) is 5. The average Bonchev–Trinajstić information content (AvgIpc) is 2.96. The van der Waals surface area contributed by atoms with E-state index in [1.807, 2.05) is 36.6 Å². The molecule has 7 nitrogen and oxygen atoms in total. The van der Waals surface area contributed by atoms with Gasteiger partial charge in [0.2, 0.25) is 5.91 Å². The molecule has 2 amide bonds. The van der Waals surface area contributed by atoms with Gasteiger partial charge >= 0.3 is 0 Å². The van der Waals surface area contributed by atoms with Crippen molar-refractivity contribution in [3.8, 4) is 0 Å². The zero-order valence-corrected chi connectivity index (χ0v) is 19.6. The van der Waals surface area contributed by atoms with Gasteiger partial charge in [-0.15, -0.1) is 0 Å². The summed E-state index contributed by atoms with van der Waals surface area (Å²) in [4.78, 5) is 30.8. The normalized spacial score (nSPS) is 18.4. The first-order valence-corrected chi connectivity index (χ1v) is 13.0. The molecule has 29 heavy (non-hydrogen) atoms. The molecule has 2 heterocycles. The first-order valence-electron chi connectivity index (χ1n) is 9.53. The number of amides is 2. The van der Waals surface area contributed by atoms with Crippen LogP contribution in [0.15, 0.2) is 27.7 Å². The van der Waals surface area contributed by atoms with Gasteiger partial charge in [0, 0.05) is 24.1 Å². The molecule has 1 unspecified atom stereocenters. The lowest BCUT2D eigenvalue weighted by Crippen LogP contribution is -2.42. The van der Waals surface area contributed by atoms with Crippen LogP contribution in [0.5, 0.6) is 0 Å². The number of rotatable bonds is 5. The number of carbonyl (C=O) groups excluding carboxylic acids is 2. The number of halogens is 1. The highest BCUT2D eigenvalue weighted by atomic mass is 79.9. The third-order valence-electron chi connectivity index (χ3n) is 4.88. The molecule has 158 valence electrons. The van der Waals surface area contributed by atoms with Crippen LogP contribution in [0.25, 0.3) is 10.2 Å². The Balaban J connectivity index is 1.75. The average molecular weight is 502 g/mol. The van der Waals surface area contributed by atoms with E-state index in [-0.39, 0.29) is 0 Å². The molecule has 1 fully saturated rings. The Morgan fingerprint density at radius 2 is 2.07 bits per heavy atom. The van der Waals surface area contributed by atoms with Crippen LogP contribution in [0.4, 0.5) is 0 Å². The van der Waals surface area contributed by atoms with Crippen LogP contribution >= 0.6 is 27.3 Å². The number of piperidine rings is 1. The molecule has 1 aromatic heterocycles. The Morgan fingerprint density at radius 1 is 1.31 bits per heavy atom. The summed E-state index contributed by atoms with van der Waals surface area (Å²) < 4.78 is 28.5. The van der Waals surface area contributed by atoms with E-state index in [9.17, 15) is 18.0 Å². The quantitative estimate of drug-likeness (QED) is 0.629. The Morgan fingerprint density at radius 3 is 2.76 bits per heavy atom. The van der Waals surface area contributed by atoms with Gasteiger partial charge in [-0.2, -0.15) is 4.99 Å². The summed E-state index contributed by atoms with van der Waals surface area (Å²) in [5.74, 6) is -2.22. The first-order chi connectivity index (χ1) is 13.7. The van der Waals surface area contributed by atoms with E-state index >= 15 is 0 Å². The van der Waals surface area contributed by atoms with Gasteiger partial charge in [-0.05, 0) is 43.9 Å². The van der Waals surface area contributed by atoms with Crippen molar-refractivity contribution in [2.24, 2.45) is 10.9 Å². The minimum absolute atomic E-state index is 0.365. The molecule has 1 saturated heterocycles. The van der Waals surface area contributed by atoms with Gasteiger partial charge in [0.25, 0.3) is 5.91 Å². The second-order valence-electron chi connectivity index (χ2n) is 7.37. The Kier molecular flexibility index (Phi) is 6.95. The maximum absolute atomic E-state index is 12.4. The molecule has 1 atom stereocenters. The van der Waals surface area contributed by atoms with Gasteiger partial charge in [-0.3, -0.25) is 9.59 Å². The highest BCUT2D eigenvalue weighted by molar-refractivity contribution is 9.10. The van der Waals surface area contributed by atoms with E-state index in [1.54, 1.807) is 4.90 Å². The smallest absolute Gasteiger partial charge is 0.263 e. The Hall–Kier alpha value is -1.52. The molecule has 0 bridgehead atoms. The van der Waals surface area contributed by atoms with Gasteiger partial charge in [-0.1, -0.05) is 34.2 Å². The van der Waals surface area contributed by atoms with Crippen LogP contribution in [0.3, 0.4) is 0 Å². The summed E-state index contributed by atoms with van der Waals surface area (Å²) in [6.45, 7) is 5.73. The van der Waals surface area contributed by atoms with Crippen molar-refractivity contribution in [2.45, 2.75) is 33.2 Å². The lowest BCUT2D eigenvalue weighted by Gasteiger charge is -2.30. The molecule has 1 aliphatic heterocycles. The SMILES string of the molecule is CCn1c(=NC(=O)CS(=O)(=O)CC(=O)N2CCCC(C)C2)sc2cc(Br)ccc21. The molecular weight excluding hydrogens is 478 g/mol. The van der Waals surface area contributed by atoms with Crippen LogP contribution in [0.2, 0.25) is 0 Å². The van der Waals surface area contributed by atoms with E-state index in [0.29, 0.717) is 30.4 Å². The summed E-state index contributed by atoms with van der Waals surface area (Å²) in [5, 5.41) is 0. The number of benzene rings is 1. The number of likely N-dealkylation sites (tertiary alicyclic amines) is 1. The van der Waals surface area contributed by atoms with E-state index in [0.717, 1.165) is 27.5 Å². The number of nitrogens with zero attached hydrogens (tertiary/aromatic N) is 3. The van der Waals surface area contributed by atoms with Gasteiger partial charge in [0.1, 0.15) is 11.5 Å². The van der Waals surface area contributed by atoms with Crippen molar-refractivity contribution < 1.29 is 18.0 Å². The summed E-state index contributed by atoms with van der Waals surface area (Å²) in [5.41, 5.74) is 0.935. The number of thiazole rings is 1. The van der Waals surface area contributed by atoms with Gasteiger partial charge in [0.05, 0.1) is 10.2 Å². The van der Waals surface area contributed by atoms with Crippen LogP contribution < -0.4 is 4.80 Å². The highest BCUT2D eigenvalue weighted by Crippen LogP contribution is 2.22.